The molecule has 0 aliphatic rings. The van der Waals surface area contributed by atoms with E-state index in [4.69, 9.17) is 4.74 Å². The lowest BCUT2D eigenvalue weighted by atomic mass is 10.2. The van der Waals surface area contributed by atoms with Crippen LogP contribution in [0, 0.1) is 0 Å². The SMILES string of the molecule is CN(CC(=O)NCCNC(=O)OC(C)(C)C)C(=O)CSC=S. The number of amides is 3. The number of ether oxygens (including phenoxy) is 1. The number of nitrogens with zero attached hydrogens (tertiary/aromatic N) is 1. The Morgan fingerprint density at radius 1 is 1.23 bits per heavy atom. The van der Waals surface area contributed by atoms with E-state index in [1.807, 2.05) is 0 Å². The van der Waals surface area contributed by atoms with E-state index in [1.54, 1.807) is 27.8 Å². The van der Waals surface area contributed by atoms with Crippen molar-refractivity contribution in [2.75, 3.05) is 32.4 Å². The third-order valence-electron chi connectivity index (χ3n) is 2.20. The summed E-state index contributed by atoms with van der Waals surface area (Å²) in [6.45, 7) is 5.77. The van der Waals surface area contributed by atoms with Crippen molar-refractivity contribution in [2.24, 2.45) is 0 Å². The Bertz CT molecular complexity index is 411. The quantitative estimate of drug-likeness (QED) is 0.497. The molecule has 0 aliphatic carbocycles. The van der Waals surface area contributed by atoms with E-state index in [2.05, 4.69) is 22.9 Å². The highest BCUT2D eigenvalue weighted by atomic mass is 32.2. The van der Waals surface area contributed by atoms with Gasteiger partial charge in [-0.2, -0.15) is 0 Å². The van der Waals surface area contributed by atoms with Crippen LogP contribution in [0.25, 0.3) is 0 Å². The van der Waals surface area contributed by atoms with Crippen LogP contribution in [-0.2, 0) is 14.3 Å². The van der Waals surface area contributed by atoms with Gasteiger partial charge in [-0.3, -0.25) is 9.59 Å². The van der Waals surface area contributed by atoms with Gasteiger partial charge in [0.05, 0.1) is 12.3 Å². The molecule has 0 atom stereocenters. The molecule has 0 aromatic rings. The standard InChI is InChI=1S/C13H23N3O4S2/c1-13(2,3)20-12(19)15-6-5-14-10(17)7-16(4)11(18)8-22-9-21/h9H,5-8H2,1-4H3,(H,14,17)(H,15,19). The first-order valence-electron chi connectivity index (χ1n) is 6.68. The van der Waals surface area contributed by atoms with Crippen LogP contribution >= 0.6 is 24.0 Å². The normalized spacial score (nSPS) is 10.5. The lowest BCUT2D eigenvalue weighted by Crippen LogP contribution is -2.42. The average Bonchev–Trinajstić information content (AvgIpc) is 2.38. The molecule has 0 spiro atoms. The van der Waals surface area contributed by atoms with Gasteiger partial charge in [-0.1, -0.05) is 12.2 Å². The minimum atomic E-state index is -0.559. The highest BCUT2D eigenvalue weighted by Gasteiger charge is 2.16. The van der Waals surface area contributed by atoms with Gasteiger partial charge in [0.25, 0.3) is 0 Å². The van der Waals surface area contributed by atoms with E-state index in [1.165, 1.54) is 21.4 Å². The minimum absolute atomic E-state index is 0.0384. The number of likely N-dealkylation sites (N-methyl/N-ethyl adjacent to an activating group) is 1. The second kappa shape index (κ2) is 10.4. The second-order valence-corrected chi connectivity index (χ2v) is 6.83. The molecule has 0 saturated heterocycles. The van der Waals surface area contributed by atoms with Crippen molar-refractivity contribution in [3.05, 3.63) is 0 Å². The van der Waals surface area contributed by atoms with E-state index in [0.717, 1.165) is 0 Å². The number of nitrogens with one attached hydrogen (secondary N) is 2. The Morgan fingerprint density at radius 3 is 2.36 bits per heavy atom. The van der Waals surface area contributed by atoms with Gasteiger partial charge >= 0.3 is 6.09 Å². The summed E-state index contributed by atoms with van der Waals surface area (Å²) in [5, 5.41) is 5.13. The molecule has 0 bridgehead atoms. The lowest BCUT2D eigenvalue weighted by Gasteiger charge is -2.20. The fourth-order valence-electron chi connectivity index (χ4n) is 1.26. The summed E-state index contributed by atoms with van der Waals surface area (Å²) >= 11 is 5.82. The number of carbonyl (C=O) groups excluding carboxylic acids is 3. The molecule has 0 aromatic carbocycles. The zero-order valence-electron chi connectivity index (χ0n) is 13.3. The zero-order valence-corrected chi connectivity index (χ0v) is 14.9. The Kier molecular flexibility index (Phi) is 9.75. The van der Waals surface area contributed by atoms with Gasteiger partial charge in [-0.15, -0.1) is 11.8 Å². The summed E-state index contributed by atoms with van der Waals surface area (Å²) in [5.74, 6) is -0.254. The first kappa shape index (κ1) is 20.6. The maximum absolute atomic E-state index is 11.6. The van der Waals surface area contributed by atoms with Crippen LogP contribution in [0.4, 0.5) is 4.79 Å². The van der Waals surface area contributed by atoms with Gasteiger partial charge in [0.15, 0.2) is 0 Å². The van der Waals surface area contributed by atoms with Crippen molar-refractivity contribution in [3.8, 4) is 0 Å². The maximum atomic E-state index is 11.6. The fourth-order valence-corrected chi connectivity index (χ4v) is 1.89. The van der Waals surface area contributed by atoms with Crippen LogP contribution in [-0.4, -0.2) is 65.5 Å². The molecule has 22 heavy (non-hydrogen) atoms. The van der Waals surface area contributed by atoms with Crippen molar-refractivity contribution in [1.29, 1.82) is 0 Å². The molecular weight excluding hydrogens is 326 g/mol. The number of carbonyl (C=O) groups is 3. The fraction of sp³-hybridized carbons (Fsp3) is 0.692. The van der Waals surface area contributed by atoms with Crippen molar-refractivity contribution in [3.63, 3.8) is 0 Å². The second-order valence-electron chi connectivity index (χ2n) is 5.44. The number of thiocarbonyl (C=S) groups is 1. The van der Waals surface area contributed by atoms with E-state index in [0.29, 0.717) is 0 Å². The van der Waals surface area contributed by atoms with Crippen molar-refractivity contribution < 1.29 is 19.1 Å². The smallest absolute Gasteiger partial charge is 0.407 e. The minimum Gasteiger partial charge on any atom is -0.444 e. The van der Waals surface area contributed by atoms with Crippen LogP contribution in [0.5, 0.6) is 0 Å². The molecule has 0 aliphatic heterocycles. The van der Waals surface area contributed by atoms with Gasteiger partial charge in [0, 0.05) is 24.8 Å². The predicted molar refractivity (Wildman–Crippen MR) is 91.0 cm³/mol. The van der Waals surface area contributed by atoms with Crippen LogP contribution in [0.1, 0.15) is 20.8 Å². The summed E-state index contributed by atoms with van der Waals surface area (Å²) in [6, 6.07) is 0. The highest BCUT2D eigenvalue weighted by Crippen LogP contribution is 2.05. The van der Waals surface area contributed by atoms with Crippen LogP contribution in [0.15, 0.2) is 0 Å². The van der Waals surface area contributed by atoms with Crippen LogP contribution in [0.3, 0.4) is 0 Å². The Hall–Kier alpha value is -1.35. The van der Waals surface area contributed by atoms with E-state index >= 15 is 0 Å². The molecular formula is C13H23N3O4S2. The molecule has 2 N–H and O–H groups in total. The molecule has 9 heteroatoms. The van der Waals surface area contributed by atoms with Gasteiger partial charge in [0.2, 0.25) is 11.8 Å². The highest BCUT2D eigenvalue weighted by molar-refractivity contribution is 8.21. The lowest BCUT2D eigenvalue weighted by molar-refractivity contribution is -0.132. The molecule has 126 valence electrons. The van der Waals surface area contributed by atoms with Gasteiger partial charge in [-0.25, -0.2) is 4.79 Å². The summed E-state index contributed by atoms with van der Waals surface area (Å²) in [4.78, 5) is 35.9. The number of alkyl carbamates (subject to hydrolysis) is 1. The van der Waals surface area contributed by atoms with Crippen LogP contribution in [0.2, 0.25) is 0 Å². The zero-order chi connectivity index (χ0) is 17.2. The third kappa shape index (κ3) is 11.3. The first-order chi connectivity index (χ1) is 10.2. The molecule has 0 aromatic heterocycles. The molecule has 3 amide bonds. The predicted octanol–water partition coefficient (Wildman–Crippen LogP) is 0.776. The molecule has 0 unspecified atom stereocenters. The molecule has 0 rings (SSSR count). The molecule has 0 saturated carbocycles. The Labute approximate surface area is 140 Å². The molecule has 0 fully saturated rings. The van der Waals surface area contributed by atoms with E-state index in [9.17, 15) is 14.4 Å². The molecule has 7 nitrogen and oxygen atoms in total. The first-order valence-corrected chi connectivity index (χ1v) is 8.20. The van der Waals surface area contributed by atoms with E-state index < -0.39 is 11.7 Å². The maximum Gasteiger partial charge on any atom is 0.407 e. The average molecular weight is 349 g/mol. The largest absolute Gasteiger partial charge is 0.444 e. The van der Waals surface area contributed by atoms with Gasteiger partial charge < -0.3 is 20.3 Å². The summed E-state index contributed by atoms with van der Waals surface area (Å²) in [7, 11) is 1.55. The van der Waals surface area contributed by atoms with E-state index in [-0.39, 0.29) is 37.2 Å². The summed E-state index contributed by atoms with van der Waals surface area (Å²) < 4.78 is 6.46. The van der Waals surface area contributed by atoms with Crippen molar-refractivity contribution >= 4 is 46.6 Å². The summed E-state index contributed by atoms with van der Waals surface area (Å²) in [6.07, 6.45) is -0.536. The molecule has 0 radical (unpaired) electrons. The van der Waals surface area contributed by atoms with Gasteiger partial charge in [-0.05, 0) is 20.8 Å². The van der Waals surface area contributed by atoms with Crippen molar-refractivity contribution in [2.45, 2.75) is 26.4 Å². The number of rotatable bonds is 8. The number of hydrogen-bond acceptors (Lipinski definition) is 6. The summed E-state index contributed by atoms with van der Waals surface area (Å²) in [5.41, 5.74) is -0.559. The topological polar surface area (TPSA) is 87.7 Å². The third-order valence-corrected chi connectivity index (χ3v) is 3.15. The molecule has 0 heterocycles. The van der Waals surface area contributed by atoms with Crippen LogP contribution < -0.4 is 10.6 Å². The Morgan fingerprint density at radius 2 is 1.82 bits per heavy atom. The van der Waals surface area contributed by atoms with Gasteiger partial charge in [0.1, 0.15) is 5.60 Å². The van der Waals surface area contributed by atoms with Crippen molar-refractivity contribution in [1.82, 2.24) is 15.5 Å². The monoisotopic (exact) mass is 349 g/mol. The Balaban J connectivity index is 3.84. The number of thioether (sulfide) groups is 1. The number of hydrogen-bond donors (Lipinski definition) is 2.